The summed E-state index contributed by atoms with van der Waals surface area (Å²) in [5.41, 5.74) is 5.71. The quantitative estimate of drug-likeness (QED) is 0.561. The van der Waals surface area contributed by atoms with Crippen molar-refractivity contribution < 1.29 is 5.11 Å². The van der Waals surface area contributed by atoms with Crippen LogP contribution in [0.4, 0.5) is 0 Å². The summed E-state index contributed by atoms with van der Waals surface area (Å²) in [5.74, 6) is 0.277. The molecule has 0 spiro atoms. The first kappa shape index (κ1) is 20.1. The molecule has 2 unspecified atom stereocenters. The number of nitrogens with zero attached hydrogens (tertiary/aromatic N) is 3. The number of aromatic hydroxyl groups is 1. The number of thiocarbonyl (C=S) groups is 1. The van der Waals surface area contributed by atoms with Gasteiger partial charge in [0.25, 0.3) is 0 Å². The molecule has 2 aromatic heterocycles. The minimum absolute atomic E-state index is 0.0167. The van der Waals surface area contributed by atoms with Crippen molar-refractivity contribution in [1.82, 2.24) is 19.8 Å². The molecule has 1 saturated carbocycles. The van der Waals surface area contributed by atoms with Crippen LogP contribution in [0, 0.1) is 13.8 Å². The Morgan fingerprint density at radius 3 is 2.48 bits per heavy atom. The molecule has 2 fully saturated rings. The third kappa shape index (κ3) is 3.49. The van der Waals surface area contributed by atoms with E-state index in [1.807, 2.05) is 30.5 Å². The number of pyridine rings is 1. The number of phenols is 1. The molecule has 6 heteroatoms. The summed E-state index contributed by atoms with van der Waals surface area (Å²) >= 11 is 5.87. The summed E-state index contributed by atoms with van der Waals surface area (Å²) < 4.78 is 2.26. The first-order valence-corrected chi connectivity index (χ1v) is 11.4. The van der Waals surface area contributed by atoms with Gasteiger partial charge >= 0.3 is 0 Å². The summed E-state index contributed by atoms with van der Waals surface area (Å²) in [6.07, 6.45) is 6.75. The molecule has 0 bridgehead atoms. The Hall–Kier alpha value is -2.86. The Kier molecular flexibility index (Phi) is 5.18. The second kappa shape index (κ2) is 8.00. The van der Waals surface area contributed by atoms with E-state index in [1.54, 1.807) is 12.1 Å². The van der Waals surface area contributed by atoms with Crippen LogP contribution in [0.15, 0.2) is 54.7 Å². The van der Waals surface area contributed by atoms with Crippen LogP contribution in [-0.2, 0) is 0 Å². The summed E-state index contributed by atoms with van der Waals surface area (Å²) in [6.45, 7) is 4.32. The van der Waals surface area contributed by atoms with E-state index < -0.39 is 0 Å². The van der Waals surface area contributed by atoms with Crippen LogP contribution in [0.1, 0.15) is 60.4 Å². The Morgan fingerprint density at radius 2 is 1.81 bits per heavy atom. The van der Waals surface area contributed by atoms with Crippen molar-refractivity contribution in [3.05, 3.63) is 77.4 Å². The lowest BCUT2D eigenvalue weighted by atomic mass is 9.95. The second-order valence-electron chi connectivity index (χ2n) is 8.65. The standard InChI is InChI=1S/C25H28N4OS/c1-16-15-21(17(2)28(16)19-10-12-20(30)13-11-19)24-23(22-9-5-6-14-26-22)27-25(31)29(24)18-7-3-4-8-18/h5-6,9-15,18,23-24,30H,3-4,7-8H2,1-2H3,(H,27,31). The minimum atomic E-state index is 0.0167. The maximum Gasteiger partial charge on any atom is 0.170 e. The van der Waals surface area contributed by atoms with Crippen molar-refractivity contribution in [2.24, 2.45) is 0 Å². The van der Waals surface area contributed by atoms with Crippen molar-refractivity contribution in [2.75, 3.05) is 0 Å². The zero-order valence-corrected chi connectivity index (χ0v) is 18.8. The summed E-state index contributed by atoms with van der Waals surface area (Å²) in [4.78, 5) is 7.12. The average molecular weight is 433 g/mol. The predicted octanol–water partition coefficient (Wildman–Crippen LogP) is 5.11. The summed E-state index contributed by atoms with van der Waals surface area (Å²) in [6, 6.07) is 16.4. The molecule has 1 aromatic carbocycles. The van der Waals surface area contributed by atoms with E-state index in [4.69, 9.17) is 12.2 Å². The molecule has 2 aliphatic rings. The van der Waals surface area contributed by atoms with Gasteiger partial charge in [-0.15, -0.1) is 0 Å². The number of aryl methyl sites for hydroxylation is 1. The zero-order valence-electron chi connectivity index (χ0n) is 18.0. The van der Waals surface area contributed by atoms with Crippen molar-refractivity contribution in [3.63, 3.8) is 0 Å². The SMILES string of the molecule is Cc1cc(C2C(c3ccccn3)NC(=S)N2C2CCCC2)c(C)n1-c1ccc(O)cc1. The van der Waals surface area contributed by atoms with Crippen LogP contribution in [-0.4, -0.2) is 30.7 Å². The molecule has 2 N–H and O–H groups in total. The molecule has 0 radical (unpaired) electrons. The maximum absolute atomic E-state index is 9.72. The van der Waals surface area contributed by atoms with Crippen LogP contribution in [0.3, 0.4) is 0 Å². The van der Waals surface area contributed by atoms with Gasteiger partial charge in [-0.1, -0.05) is 18.9 Å². The molecule has 5 rings (SSSR count). The van der Waals surface area contributed by atoms with Gasteiger partial charge < -0.3 is 19.9 Å². The summed E-state index contributed by atoms with van der Waals surface area (Å²) in [5, 5.41) is 14.2. The predicted molar refractivity (Wildman–Crippen MR) is 126 cm³/mol. The van der Waals surface area contributed by atoms with E-state index in [-0.39, 0.29) is 17.8 Å². The fraction of sp³-hybridized carbons (Fsp3) is 0.360. The first-order chi connectivity index (χ1) is 15.0. The minimum Gasteiger partial charge on any atom is -0.508 e. The number of phenolic OH excluding ortho intramolecular Hbond substituents is 1. The molecule has 3 heterocycles. The third-order valence-electron chi connectivity index (χ3n) is 6.75. The van der Waals surface area contributed by atoms with E-state index >= 15 is 0 Å². The van der Waals surface area contributed by atoms with Crippen LogP contribution >= 0.6 is 12.2 Å². The topological polar surface area (TPSA) is 53.3 Å². The Labute approximate surface area is 188 Å². The van der Waals surface area contributed by atoms with Gasteiger partial charge in [-0.3, -0.25) is 4.98 Å². The lowest BCUT2D eigenvalue weighted by molar-refractivity contribution is 0.245. The molecule has 5 nitrogen and oxygen atoms in total. The highest BCUT2D eigenvalue weighted by Gasteiger charge is 2.44. The highest BCUT2D eigenvalue weighted by atomic mass is 32.1. The molecule has 31 heavy (non-hydrogen) atoms. The fourth-order valence-corrected chi connectivity index (χ4v) is 5.75. The number of rotatable bonds is 4. The highest BCUT2D eigenvalue weighted by Crippen LogP contribution is 2.44. The van der Waals surface area contributed by atoms with Crippen LogP contribution in [0.5, 0.6) is 5.75 Å². The average Bonchev–Trinajstić information content (AvgIpc) is 3.48. The Bertz CT molecular complexity index is 1090. The lowest BCUT2D eigenvalue weighted by Gasteiger charge is -2.33. The maximum atomic E-state index is 9.72. The molecular formula is C25H28N4OS. The van der Waals surface area contributed by atoms with Crippen LogP contribution in [0.2, 0.25) is 0 Å². The van der Waals surface area contributed by atoms with Crippen molar-refractivity contribution >= 4 is 17.3 Å². The summed E-state index contributed by atoms with van der Waals surface area (Å²) in [7, 11) is 0. The Morgan fingerprint density at radius 1 is 1.06 bits per heavy atom. The third-order valence-corrected chi connectivity index (χ3v) is 7.08. The number of hydrogen-bond acceptors (Lipinski definition) is 3. The van der Waals surface area contributed by atoms with E-state index in [2.05, 4.69) is 45.7 Å². The Balaban J connectivity index is 1.63. The van der Waals surface area contributed by atoms with Gasteiger partial charge in [0.05, 0.1) is 17.8 Å². The lowest BCUT2D eigenvalue weighted by Crippen LogP contribution is -2.37. The van der Waals surface area contributed by atoms with Crippen LogP contribution < -0.4 is 5.32 Å². The van der Waals surface area contributed by atoms with Gasteiger partial charge in [0.1, 0.15) is 5.75 Å². The van der Waals surface area contributed by atoms with E-state index in [0.29, 0.717) is 6.04 Å². The monoisotopic (exact) mass is 432 g/mol. The van der Waals surface area contributed by atoms with Gasteiger partial charge in [-0.2, -0.15) is 0 Å². The largest absolute Gasteiger partial charge is 0.508 e. The molecule has 1 aliphatic heterocycles. The normalized spacial score (nSPS) is 21.6. The number of hydrogen-bond donors (Lipinski definition) is 2. The van der Waals surface area contributed by atoms with E-state index in [9.17, 15) is 5.11 Å². The van der Waals surface area contributed by atoms with E-state index in [0.717, 1.165) is 16.5 Å². The molecule has 0 amide bonds. The van der Waals surface area contributed by atoms with E-state index in [1.165, 1.54) is 42.6 Å². The zero-order chi connectivity index (χ0) is 21.5. The number of nitrogens with one attached hydrogen (secondary N) is 1. The van der Waals surface area contributed by atoms with Crippen molar-refractivity contribution in [2.45, 2.75) is 57.7 Å². The van der Waals surface area contributed by atoms with Crippen molar-refractivity contribution in [3.8, 4) is 11.4 Å². The molecule has 1 aliphatic carbocycles. The number of aromatic nitrogens is 2. The first-order valence-electron chi connectivity index (χ1n) is 11.0. The smallest absolute Gasteiger partial charge is 0.170 e. The van der Waals surface area contributed by atoms with Gasteiger partial charge in [-0.25, -0.2) is 0 Å². The number of benzene rings is 1. The van der Waals surface area contributed by atoms with Gasteiger partial charge in [0, 0.05) is 29.3 Å². The molecule has 2 atom stereocenters. The van der Waals surface area contributed by atoms with Gasteiger partial charge in [-0.05, 0) is 86.9 Å². The molecule has 160 valence electrons. The van der Waals surface area contributed by atoms with Crippen molar-refractivity contribution in [1.29, 1.82) is 0 Å². The second-order valence-corrected chi connectivity index (χ2v) is 9.04. The molecular weight excluding hydrogens is 404 g/mol. The van der Waals surface area contributed by atoms with Gasteiger partial charge in [0.15, 0.2) is 5.11 Å². The van der Waals surface area contributed by atoms with Gasteiger partial charge in [0.2, 0.25) is 0 Å². The van der Waals surface area contributed by atoms with Crippen LogP contribution in [0.25, 0.3) is 5.69 Å². The molecule has 3 aromatic rings. The molecule has 1 saturated heterocycles. The fourth-order valence-electron chi connectivity index (χ4n) is 5.36. The highest BCUT2D eigenvalue weighted by molar-refractivity contribution is 7.80.